The summed E-state index contributed by atoms with van der Waals surface area (Å²) >= 11 is 4.70. The van der Waals surface area contributed by atoms with Gasteiger partial charge in [-0.3, -0.25) is 4.79 Å². The van der Waals surface area contributed by atoms with E-state index < -0.39 is 17.1 Å². The summed E-state index contributed by atoms with van der Waals surface area (Å²) in [4.78, 5) is 29.5. The summed E-state index contributed by atoms with van der Waals surface area (Å²) in [6, 6.07) is 6.97. The first-order valence-corrected chi connectivity index (χ1v) is 11.3. The van der Waals surface area contributed by atoms with Crippen molar-refractivity contribution in [3.63, 3.8) is 0 Å². The van der Waals surface area contributed by atoms with Gasteiger partial charge in [0.1, 0.15) is 23.4 Å². The van der Waals surface area contributed by atoms with Crippen LogP contribution in [0.3, 0.4) is 0 Å². The van der Waals surface area contributed by atoms with Crippen molar-refractivity contribution in [3.8, 4) is 11.6 Å². The fourth-order valence-electron chi connectivity index (χ4n) is 2.70. The number of methoxy groups -OCH3 is 2. The SMILES string of the molecule is COc1ccc(CNc2nc([S+](C)[O-])nc(OC)c2C(=O)NCc2ncccn2)cc1Cl. The summed E-state index contributed by atoms with van der Waals surface area (Å²) in [5.74, 6) is 0.644. The molecule has 1 amide bonds. The Morgan fingerprint density at radius 1 is 1.16 bits per heavy atom. The van der Waals surface area contributed by atoms with E-state index in [2.05, 4.69) is 30.6 Å². The standard InChI is InChI=1S/C20H21ClN6O4S/c1-30-14-6-5-12(9-13(14)21)10-24-17-16(19(31-2)27-20(26-17)32(3)29)18(28)25-11-15-22-7-4-8-23-15/h4-9H,10-11H2,1-3H3,(H,25,28)(H,24,26,27). The van der Waals surface area contributed by atoms with Crippen LogP contribution < -0.4 is 20.1 Å². The van der Waals surface area contributed by atoms with Gasteiger partial charge >= 0.3 is 5.16 Å². The van der Waals surface area contributed by atoms with Crippen molar-refractivity contribution in [2.45, 2.75) is 18.2 Å². The van der Waals surface area contributed by atoms with Crippen LogP contribution in [0.15, 0.2) is 41.8 Å². The summed E-state index contributed by atoms with van der Waals surface area (Å²) in [5, 5.41) is 6.29. The molecular formula is C20H21ClN6O4S. The van der Waals surface area contributed by atoms with Gasteiger partial charge in [0.05, 0.1) is 25.8 Å². The third kappa shape index (κ3) is 5.75. The van der Waals surface area contributed by atoms with Crippen molar-refractivity contribution in [2.75, 3.05) is 25.8 Å². The highest BCUT2D eigenvalue weighted by molar-refractivity contribution is 7.90. The number of halogens is 1. The number of rotatable bonds is 9. The number of nitrogens with zero attached hydrogens (tertiary/aromatic N) is 4. The van der Waals surface area contributed by atoms with Gasteiger partial charge in [-0.1, -0.05) is 17.7 Å². The zero-order chi connectivity index (χ0) is 23.1. The zero-order valence-electron chi connectivity index (χ0n) is 17.6. The quantitative estimate of drug-likeness (QED) is 0.352. The molecule has 0 fully saturated rings. The molecule has 2 aromatic heterocycles. The smallest absolute Gasteiger partial charge is 0.347 e. The van der Waals surface area contributed by atoms with Gasteiger partial charge in [0.15, 0.2) is 5.82 Å². The molecule has 2 heterocycles. The van der Waals surface area contributed by atoms with Crippen molar-refractivity contribution in [1.29, 1.82) is 0 Å². The highest BCUT2D eigenvalue weighted by atomic mass is 35.5. The Morgan fingerprint density at radius 2 is 1.91 bits per heavy atom. The minimum absolute atomic E-state index is 0.00746. The van der Waals surface area contributed by atoms with E-state index in [1.54, 1.807) is 30.6 Å². The Labute approximate surface area is 192 Å². The molecule has 0 saturated carbocycles. The van der Waals surface area contributed by atoms with Gasteiger partial charge in [0.2, 0.25) is 5.88 Å². The van der Waals surface area contributed by atoms with Crippen LogP contribution in [-0.2, 0) is 24.3 Å². The maximum atomic E-state index is 13.0. The van der Waals surface area contributed by atoms with Crippen LogP contribution >= 0.6 is 11.6 Å². The fourth-order valence-corrected chi connectivity index (χ4v) is 3.42. The molecule has 3 rings (SSSR count). The van der Waals surface area contributed by atoms with E-state index in [-0.39, 0.29) is 35.5 Å². The van der Waals surface area contributed by atoms with E-state index in [1.165, 1.54) is 20.5 Å². The zero-order valence-corrected chi connectivity index (χ0v) is 19.2. The molecule has 0 spiro atoms. The van der Waals surface area contributed by atoms with Crippen LogP contribution in [0.2, 0.25) is 5.02 Å². The predicted octanol–water partition coefficient (Wildman–Crippen LogP) is 2.22. The molecule has 0 aliphatic rings. The van der Waals surface area contributed by atoms with Crippen molar-refractivity contribution in [2.24, 2.45) is 0 Å². The second-order valence-corrected chi connectivity index (χ2v) is 8.04. The van der Waals surface area contributed by atoms with Crippen molar-refractivity contribution in [3.05, 3.63) is 58.6 Å². The van der Waals surface area contributed by atoms with E-state index in [1.807, 2.05) is 6.07 Å². The number of amides is 1. The lowest BCUT2D eigenvalue weighted by atomic mass is 10.2. The number of benzene rings is 1. The van der Waals surface area contributed by atoms with Crippen LogP contribution in [0.4, 0.5) is 5.82 Å². The predicted molar refractivity (Wildman–Crippen MR) is 119 cm³/mol. The van der Waals surface area contributed by atoms with Crippen molar-refractivity contribution >= 4 is 34.5 Å². The summed E-state index contributed by atoms with van der Waals surface area (Å²) in [5.41, 5.74) is 0.883. The molecule has 1 unspecified atom stereocenters. The maximum Gasteiger partial charge on any atom is 0.347 e. The number of carbonyl (C=O) groups excluding carboxylic acids is 1. The van der Waals surface area contributed by atoms with Crippen LogP contribution in [0.5, 0.6) is 11.6 Å². The van der Waals surface area contributed by atoms with Gasteiger partial charge in [-0.15, -0.1) is 4.98 Å². The van der Waals surface area contributed by atoms with E-state index >= 15 is 0 Å². The Balaban J connectivity index is 1.88. The lowest BCUT2D eigenvalue weighted by Crippen LogP contribution is -2.27. The van der Waals surface area contributed by atoms with Gasteiger partial charge in [-0.05, 0) is 23.8 Å². The van der Waals surface area contributed by atoms with E-state index in [0.29, 0.717) is 16.6 Å². The maximum absolute atomic E-state index is 13.0. The molecule has 2 N–H and O–H groups in total. The lowest BCUT2D eigenvalue weighted by Gasteiger charge is -2.15. The number of nitrogens with one attached hydrogen (secondary N) is 2. The minimum Gasteiger partial charge on any atom is -0.609 e. The third-order valence-electron chi connectivity index (χ3n) is 4.24. The number of anilines is 1. The number of aromatic nitrogens is 4. The number of hydrogen-bond donors (Lipinski definition) is 2. The second-order valence-electron chi connectivity index (χ2n) is 6.36. The largest absolute Gasteiger partial charge is 0.609 e. The van der Waals surface area contributed by atoms with Gasteiger partial charge in [0, 0.05) is 30.1 Å². The summed E-state index contributed by atoms with van der Waals surface area (Å²) < 4.78 is 22.5. The summed E-state index contributed by atoms with van der Waals surface area (Å²) in [6.07, 6.45) is 4.60. The lowest BCUT2D eigenvalue weighted by molar-refractivity contribution is 0.0946. The molecule has 0 saturated heterocycles. The topological polar surface area (TPSA) is 134 Å². The summed E-state index contributed by atoms with van der Waals surface area (Å²) in [6.45, 7) is 0.375. The molecule has 0 aliphatic carbocycles. The van der Waals surface area contributed by atoms with Gasteiger partial charge in [-0.2, -0.15) is 4.98 Å². The first kappa shape index (κ1) is 23.5. The van der Waals surface area contributed by atoms with E-state index in [4.69, 9.17) is 21.1 Å². The summed E-state index contributed by atoms with van der Waals surface area (Å²) in [7, 11) is 2.90. The Bertz CT molecular complexity index is 1090. The fraction of sp³-hybridized carbons (Fsp3) is 0.250. The molecule has 1 aromatic carbocycles. The molecule has 10 nitrogen and oxygen atoms in total. The van der Waals surface area contributed by atoms with Gasteiger partial charge < -0.3 is 24.7 Å². The Morgan fingerprint density at radius 3 is 2.53 bits per heavy atom. The van der Waals surface area contributed by atoms with Crippen LogP contribution in [-0.4, -0.2) is 50.9 Å². The van der Waals surface area contributed by atoms with Crippen molar-refractivity contribution < 1.29 is 18.8 Å². The molecule has 3 aromatic rings. The molecule has 0 bridgehead atoms. The first-order chi connectivity index (χ1) is 15.4. The highest BCUT2D eigenvalue weighted by Crippen LogP contribution is 2.27. The van der Waals surface area contributed by atoms with Crippen molar-refractivity contribution in [1.82, 2.24) is 25.3 Å². The van der Waals surface area contributed by atoms with E-state index in [9.17, 15) is 9.35 Å². The molecule has 12 heteroatoms. The molecule has 32 heavy (non-hydrogen) atoms. The van der Waals surface area contributed by atoms with Crippen LogP contribution in [0.25, 0.3) is 0 Å². The number of hydrogen-bond acceptors (Lipinski definition) is 9. The molecule has 0 radical (unpaired) electrons. The van der Waals surface area contributed by atoms with Crippen LogP contribution in [0, 0.1) is 0 Å². The molecule has 0 aliphatic heterocycles. The molecule has 168 valence electrons. The normalized spacial score (nSPS) is 11.5. The van der Waals surface area contributed by atoms with E-state index in [0.717, 1.165) is 5.56 Å². The van der Waals surface area contributed by atoms with Crippen LogP contribution in [0.1, 0.15) is 21.7 Å². The number of carbonyl (C=O) groups is 1. The Hall–Kier alpha value is -3.15. The van der Waals surface area contributed by atoms with Gasteiger partial charge in [0.25, 0.3) is 5.91 Å². The number of ether oxygens (including phenoxy) is 2. The Kier molecular flexibility index (Phi) is 8.03. The highest BCUT2D eigenvalue weighted by Gasteiger charge is 2.25. The molecule has 1 atom stereocenters. The first-order valence-electron chi connectivity index (χ1n) is 9.32. The monoisotopic (exact) mass is 476 g/mol. The average Bonchev–Trinajstić information content (AvgIpc) is 2.81. The second kappa shape index (κ2) is 10.9. The minimum atomic E-state index is -1.49. The third-order valence-corrected chi connectivity index (χ3v) is 5.23. The molecular weight excluding hydrogens is 456 g/mol. The average molecular weight is 477 g/mol. The van der Waals surface area contributed by atoms with Gasteiger partial charge in [-0.25, -0.2) is 9.97 Å².